The first kappa shape index (κ1) is 28.8. The zero-order valence-electron chi connectivity index (χ0n) is 24.1. The van der Waals surface area contributed by atoms with E-state index >= 15 is 0 Å². The van der Waals surface area contributed by atoms with E-state index in [-0.39, 0.29) is 28.9 Å². The molecule has 3 aromatic rings. The van der Waals surface area contributed by atoms with Gasteiger partial charge in [-0.3, -0.25) is 4.79 Å². The Balaban J connectivity index is 1.45. The lowest BCUT2D eigenvalue weighted by molar-refractivity contribution is 0.0303. The van der Waals surface area contributed by atoms with E-state index in [1.165, 1.54) is 0 Å². The van der Waals surface area contributed by atoms with Crippen LogP contribution in [0.5, 0.6) is 5.75 Å². The monoisotopic (exact) mass is 579 g/mol. The van der Waals surface area contributed by atoms with Gasteiger partial charge in [-0.2, -0.15) is 4.98 Å². The third-order valence-electron chi connectivity index (χ3n) is 7.32. The van der Waals surface area contributed by atoms with Gasteiger partial charge in [0.05, 0.1) is 27.6 Å². The molecule has 1 fully saturated rings. The predicted octanol–water partition coefficient (Wildman–Crippen LogP) is 5.38. The minimum Gasteiger partial charge on any atom is -0.489 e. The molecule has 1 amide bonds. The average molecular weight is 580 g/mol. The number of anilines is 4. The molecule has 2 aliphatic rings. The molecule has 1 saturated heterocycles. The number of ether oxygens (including phenoxy) is 2. The van der Waals surface area contributed by atoms with Gasteiger partial charge in [-0.15, -0.1) is 0 Å². The summed E-state index contributed by atoms with van der Waals surface area (Å²) in [5.41, 5.74) is 3.32. The van der Waals surface area contributed by atoms with Crippen LogP contribution in [0.2, 0.25) is 0 Å². The van der Waals surface area contributed by atoms with E-state index in [4.69, 9.17) is 9.47 Å². The van der Waals surface area contributed by atoms with Crippen molar-refractivity contribution in [3.05, 3.63) is 59.3 Å². The van der Waals surface area contributed by atoms with Crippen molar-refractivity contribution < 1.29 is 22.7 Å². The second kappa shape index (κ2) is 11.7. The Morgan fingerprint density at radius 1 is 1.05 bits per heavy atom. The Morgan fingerprint density at radius 3 is 2.49 bits per heavy atom. The number of para-hydroxylation sites is 1. The second-order valence-corrected chi connectivity index (χ2v) is 13.5. The molecule has 2 aromatic carbocycles. The number of aryl methyl sites for hydroxylation is 1. The summed E-state index contributed by atoms with van der Waals surface area (Å²) in [4.78, 5) is 24.7. The quantitative estimate of drug-likeness (QED) is 0.344. The molecule has 218 valence electrons. The normalized spacial score (nSPS) is 15.9. The average Bonchev–Trinajstić information content (AvgIpc) is 3.26. The van der Waals surface area contributed by atoms with Crippen molar-refractivity contribution in [1.82, 2.24) is 14.9 Å². The van der Waals surface area contributed by atoms with Crippen LogP contribution in [0.15, 0.2) is 47.5 Å². The number of hydrogen-bond acceptors (Lipinski definition) is 9. The Hall–Kier alpha value is -3.70. The fraction of sp³-hybridized carbons (Fsp3) is 0.433. The van der Waals surface area contributed by atoms with E-state index in [1.54, 1.807) is 44.3 Å². The number of sulfone groups is 1. The number of benzene rings is 2. The van der Waals surface area contributed by atoms with E-state index in [1.807, 2.05) is 37.8 Å². The fourth-order valence-corrected chi connectivity index (χ4v) is 6.25. The van der Waals surface area contributed by atoms with E-state index in [0.717, 1.165) is 24.0 Å². The number of nitrogens with one attached hydrogen (secondary N) is 2. The highest BCUT2D eigenvalue weighted by Crippen LogP contribution is 2.37. The van der Waals surface area contributed by atoms with Crippen molar-refractivity contribution in [3.8, 4) is 5.75 Å². The third kappa shape index (κ3) is 6.01. The van der Waals surface area contributed by atoms with Crippen molar-refractivity contribution in [3.63, 3.8) is 0 Å². The number of nitrogens with zero attached hydrogens (tertiary/aromatic N) is 3. The summed E-state index contributed by atoms with van der Waals surface area (Å²) in [6.07, 6.45) is 3.22. The highest BCUT2D eigenvalue weighted by Gasteiger charge is 2.35. The number of carbonyl (C=O) groups is 1. The maximum atomic E-state index is 13.4. The lowest BCUT2D eigenvalue weighted by Crippen LogP contribution is -2.39. The van der Waals surface area contributed by atoms with Crippen LogP contribution in [0, 0.1) is 6.92 Å². The van der Waals surface area contributed by atoms with Crippen molar-refractivity contribution in [1.29, 1.82) is 0 Å². The highest BCUT2D eigenvalue weighted by molar-refractivity contribution is 7.92. The molecule has 10 nitrogen and oxygen atoms in total. The molecule has 0 saturated carbocycles. The molecule has 5 rings (SSSR count). The molecular formula is C30H37N5O5S. The smallest absolute Gasteiger partial charge is 0.254 e. The van der Waals surface area contributed by atoms with E-state index in [2.05, 4.69) is 20.6 Å². The van der Waals surface area contributed by atoms with E-state index in [0.29, 0.717) is 48.3 Å². The number of carbonyl (C=O) groups excluding carboxylic acids is 1. The SMILES string of the molecule is Cc1cnc(Nc2cc3c(cc2OC(C)C)CN(C2CCOCC2)C3=O)nc1Nc1ccccc1S(=O)(=O)C(C)C. The molecule has 3 heterocycles. The molecule has 2 N–H and O–H groups in total. The Kier molecular flexibility index (Phi) is 8.19. The highest BCUT2D eigenvalue weighted by atomic mass is 32.2. The summed E-state index contributed by atoms with van der Waals surface area (Å²) >= 11 is 0. The van der Waals surface area contributed by atoms with Gasteiger partial charge in [0, 0.05) is 43.1 Å². The maximum Gasteiger partial charge on any atom is 0.254 e. The minimum atomic E-state index is -3.52. The lowest BCUT2D eigenvalue weighted by atomic mass is 10.1. The summed E-state index contributed by atoms with van der Waals surface area (Å²) < 4.78 is 37.6. The zero-order chi connectivity index (χ0) is 29.3. The minimum absolute atomic E-state index is 0.00111. The molecule has 11 heteroatoms. The zero-order valence-corrected chi connectivity index (χ0v) is 24.9. The van der Waals surface area contributed by atoms with Crippen LogP contribution in [0.1, 0.15) is 62.0 Å². The van der Waals surface area contributed by atoms with Gasteiger partial charge in [0.15, 0.2) is 9.84 Å². The molecule has 0 spiro atoms. The molecule has 0 radical (unpaired) electrons. The summed E-state index contributed by atoms with van der Waals surface area (Å²) in [5, 5.41) is 5.87. The number of aromatic nitrogens is 2. The van der Waals surface area contributed by atoms with Crippen molar-refractivity contribution in [2.75, 3.05) is 23.8 Å². The van der Waals surface area contributed by atoms with Crippen LogP contribution < -0.4 is 15.4 Å². The van der Waals surface area contributed by atoms with Gasteiger partial charge < -0.3 is 25.0 Å². The molecule has 0 aliphatic carbocycles. The van der Waals surface area contributed by atoms with Crippen molar-refractivity contribution >= 4 is 38.9 Å². The van der Waals surface area contributed by atoms with E-state index in [9.17, 15) is 13.2 Å². The largest absolute Gasteiger partial charge is 0.489 e. The van der Waals surface area contributed by atoms with Gasteiger partial charge in [0.2, 0.25) is 5.95 Å². The molecular weight excluding hydrogens is 542 g/mol. The molecule has 0 atom stereocenters. The number of hydrogen-bond donors (Lipinski definition) is 2. The summed E-state index contributed by atoms with van der Waals surface area (Å²) in [6, 6.07) is 10.7. The first-order valence-corrected chi connectivity index (χ1v) is 15.5. The van der Waals surface area contributed by atoms with Crippen molar-refractivity contribution in [2.24, 2.45) is 0 Å². The number of amides is 1. The second-order valence-electron chi connectivity index (χ2n) is 11.0. The number of rotatable bonds is 9. The first-order chi connectivity index (χ1) is 19.5. The van der Waals surface area contributed by atoms with E-state index < -0.39 is 15.1 Å². The van der Waals surface area contributed by atoms with Gasteiger partial charge >= 0.3 is 0 Å². The van der Waals surface area contributed by atoms with Crippen LogP contribution in [0.25, 0.3) is 0 Å². The summed E-state index contributed by atoms with van der Waals surface area (Å²) in [6.45, 7) is 10.9. The number of fused-ring (bicyclic) bond motifs is 1. The molecule has 0 unspecified atom stereocenters. The Bertz CT molecular complexity index is 1550. The summed E-state index contributed by atoms with van der Waals surface area (Å²) in [5.74, 6) is 1.35. The third-order valence-corrected chi connectivity index (χ3v) is 9.53. The molecule has 1 aromatic heterocycles. The lowest BCUT2D eigenvalue weighted by Gasteiger charge is -2.30. The molecule has 2 aliphatic heterocycles. The van der Waals surface area contributed by atoms with Gasteiger partial charge in [0.25, 0.3) is 5.91 Å². The standard InChI is InChI=1S/C30H37N5O5S/c1-18(2)40-26-14-21-17-35(22-10-12-39-13-11-22)29(36)23(21)15-25(26)33-30-31-16-20(5)28(34-30)32-24-8-6-7-9-27(24)41(37,38)19(3)4/h6-9,14-16,18-19,22H,10-13,17H2,1-5H3,(H2,31,32,33,34). The van der Waals surface area contributed by atoms with Crippen LogP contribution in [-0.4, -0.2) is 59.8 Å². The topological polar surface area (TPSA) is 123 Å². The van der Waals surface area contributed by atoms with Gasteiger partial charge in [-0.05, 0) is 77.3 Å². The van der Waals surface area contributed by atoms with Gasteiger partial charge in [-0.1, -0.05) is 12.1 Å². The van der Waals surface area contributed by atoms with Crippen LogP contribution in [-0.2, 0) is 21.1 Å². The predicted molar refractivity (Wildman–Crippen MR) is 158 cm³/mol. The van der Waals surface area contributed by atoms with Crippen LogP contribution in [0.4, 0.5) is 23.1 Å². The van der Waals surface area contributed by atoms with Gasteiger partial charge in [0.1, 0.15) is 11.6 Å². The van der Waals surface area contributed by atoms with Gasteiger partial charge in [-0.25, -0.2) is 13.4 Å². The fourth-order valence-electron chi connectivity index (χ4n) is 5.05. The van der Waals surface area contributed by atoms with Crippen LogP contribution in [0.3, 0.4) is 0 Å². The Morgan fingerprint density at radius 2 is 1.78 bits per heavy atom. The Labute approximate surface area is 241 Å². The summed E-state index contributed by atoms with van der Waals surface area (Å²) in [7, 11) is -3.52. The van der Waals surface area contributed by atoms with Crippen molar-refractivity contribution in [2.45, 2.75) is 76.3 Å². The van der Waals surface area contributed by atoms with Crippen LogP contribution >= 0.6 is 0 Å². The molecule has 41 heavy (non-hydrogen) atoms. The maximum absolute atomic E-state index is 13.4. The molecule has 0 bridgehead atoms. The first-order valence-electron chi connectivity index (χ1n) is 14.0.